The van der Waals surface area contributed by atoms with Gasteiger partial charge >= 0.3 is 0 Å². The summed E-state index contributed by atoms with van der Waals surface area (Å²) in [7, 11) is -1.99. The standard InChI is InChI=1S/C25H30N4O4S/c1-19-26-13-16-29(19)23-8-4-3-7-21(23)18-27-25(30)12-9-20-17-22(10-11-24(20)33-2)34(31,32)28-14-5-6-15-28/h3-4,7-8,10-11,13,16-17H,5-6,9,12,14-15,18H2,1-2H3,(H,27,30). The first-order valence-corrected chi connectivity index (χ1v) is 12.9. The fourth-order valence-electron chi connectivity index (χ4n) is 4.25. The number of hydrogen-bond donors (Lipinski definition) is 1. The van der Waals surface area contributed by atoms with E-state index in [0.717, 1.165) is 29.9 Å². The molecular weight excluding hydrogens is 452 g/mol. The number of nitrogens with one attached hydrogen (secondary N) is 1. The lowest BCUT2D eigenvalue weighted by Gasteiger charge is -2.17. The Labute approximate surface area is 200 Å². The maximum absolute atomic E-state index is 12.9. The number of methoxy groups -OCH3 is 1. The van der Waals surface area contributed by atoms with E-state index < -0.39 is 10.0 Å². The summed E-state index contributed by atoms with van der Waals surface area (Å²) in [6.45, 7) is 3.41. The van der Waals surface area contributed by atoms with E-state index in [2.05, 4.69) is 10.3 Å². The quantitative estimate of drug-likeness (QED) is 0.505. The number of nitrogens with zero attached hydrogens (tertiary/aromatic N) is 3. The van der Waals surface area contributed by atoms with Gasteiger partial charge in [-0.05, 0) is 61.6 Å². The van der Waals surface area contributed by atoms with E-state index in [0.29, 0.717) is 37.4 Å². The molecule has 3 aromatic rings. The fraction of sp³-hybridized carbons (Fsp3) is 0.360. The Morgan fingerprint density at radius 1 is 1.12 bits per heavy atom. The third-order valence-corrected chi connectivity index (χ3v) is 8.02. The second-order valence-electron chi connectivity index (χ2n) is 8.33. The van der Waals surface area contributed by atoms with E-state index >= 15 is 0 Å². The highest BCUT2D eigenvalue weighted by molar-refractivity contribution is 7.89. The van der Waals surface area contributed by atoms with Crippen LogP contribution in [-0.2, 0) is 27.8 Å². The van der Waals surface area contributed by atoms with Crippen LogP contribution in [0.4, 0.5) is 0 Å². The fourth-order valence-corrected chi connectivity index (χ4v) is 5.81. The number of imidazole rings is 1. The van der Waals surface area contributed by atoms with E-state index in [-0.39, 0.29) is 17.2 Å². The first-order valence-electron chi connectivity index (χ1n) is 11.4. The van der Waals surface area contributed by atoms with Gasteiger partial charge in [-0.25, -0.2) is 13.4 Å². The van der Waals surface area contributed by atoms with Crippen LogP contribution in [-0.4, -0.2) is 48.4 Å². The summed E-state index contributed by atoms with van der Waals surface area (Å²) >= 11 is 0. The van der Waals surface area contributed by atoms with Gasteiger partial charge in [0.2, 0.25) is 15.9 Å². The molecule has 0 radical (unpaired) electrons. The third-order valence-electron chi connectivity index (χ3n) is 6.13. The molecule has 0 atom stereocenters. The van der Waals surface area contributed by atoms with E-state index in [1.165, 1.54) is 4.31 Å². The summed E-state index contributed by atoms with van der Waals surface area (Å²) in [5, 5.41) is 2.98. The van der Waals surface area contributed by atoms with Crippen LogP contribution in [0.25, 0.3) is 5.69 Å². The SMILES string of the molecule is COc1ccc(S(=O)(=O)N2CCCC2)cc1CCC(=O)NCc1ccccc1-n1ccnc1C. The van der Waals surface area contributed by atoms with Gasteiger partial charge in [0.05, 0.1) is 17.7 Å². The van der Waals surface area contributed by atoms with Gasteiger partial charge in [-0.2, -0.15) is 4.31 Å². The molecule has 0 bridgehead atoms. The van der Waals surface area contributed by atoms with Gasteiger partial charge in [0.1, 0.15) is 11.6 Å². The van der Waals surface area contributed by atoms with Crippen LogP contribution in [0.5, 0.6) is 5.75 Å². The Morgan fingerprint density at radius 2 is 1.88 bits per heavy atom. The molecule has 0 aliphatic carbocycles. The summed E-state index contributed by atoms with van der Waals surface area (Å²) in [4.78, 5) is 17.2. The van der Waals surface area contributed by atoms with Gasteiger partial charge in [0.25, 0.3) is 0 Å². The molecule has 0 unspecified atom stereocenters. The van der Waals surface area contributed by atoms with E-state index in [4.69, 9.17) is 4.74 Å². The first-order chi connectivity index (χ1) is 16.4. The van der Waals surface area contributed by atoms with Crippen LogP contribution < -0.4 is 10.1 Å². The molecule has 1 fully saturated rings. The molecule has 1 amide bonds. The van der Waals surface area contributed by atoms with Gasteiger partial charge < -0.3 is 14.6 Å². The molecule has 1 aromatic heterocycles. The maximum atomic E-state index is 12.9. The van der Waals surface area contributed by atoms with Gasteiger partial charge in [0.15, 0.2) is 0 Å². The Morgan fingerprint density at radius 3 is 2.59 bits per heavy atom. The average Bonchev–Trinajstić information content (AvgIpc) is 3.54. The summed E-state index contributed by atoms with van der Waals surface area (Å²) in [5.74, 6) is 1.33. The van der Waals surface area contributed by atoms with Crippen molar-refractivity contribution in [1.82, 2.24) is 19.2 Å². The molecule has 1 aliphatic rings. The molecule has 2 aromatic carbocycles. The predicted octanol–water partition coefficient (Wildman–Crippen LogP) is 3.22. The third kappa shape index (κ3) is 5.15. The average molecular weight is 483 g/mol. The lowest BCUT2D eigenvalue weighted by molar-refractivity contribution is -0.121. The normalized spacial score (nSPS) is 14.3. The molecule has 0 spiro atoms. The molecular formula is C25H30N4O4S. The Bertz CT molecular complexity index is 1260. The van der Waals surface area contributed by atoms with Crippen LogP contribution in [0.2, 0.25) is 0 Å². The zero-order valence-corrected chi connectivity index (χ0v) is 20.3. The van der Waals surface area contributed by atoms with Gasteiger partial charge in [-0.1, -0.05) is 18.2 Å². The smallest absolute Gasteiger partial charge is 0.243 e. The van der Waals surface area contributed by atoms with Crippen LogP contribution in [0.3, 0.4) is 0 Å². The van der Waals surface area contributed by atoms with Crippen molar-refractivity contribution in [2.45, 2.75) is 44.0 Å². The van der Waals surface area contributed by atoms with Crippen LogP contribution >= 0.6 is 0 Å². The molecule has 2 heterocycles. The lowest BCUT2D eigenvalue weighted by atomic mass is 10.1. The van der Waals surface area contributed by atoms with Crippen LogP contribution in [0.15, 0.2) is 59.8 Å². The molecule has 9 heteroatoms. The van der Waals surface area contributed by atoms with Crippen molar-refractivity contribution >= 4 is 15.9 Å². The van der Waals surface area contributed by atoms with Crippen molar-refractivity contribution in [2.24, 2.45) is 0 Å². The zero-order chi connectivity index (χ0) is 24.1. The summed E-state index contributed by atoms with van der Waals surface area (Å²) in [6.07, 6.45) is 6.00. The molecule has 1 N–H and O–H groups in total. The monoisotopic (exact) mass is 482 g/mol. The number of aromatic nitrogens is 2. The number of carbonyl (C=O) groups excluding carboxylic acids is 1. The number of ether oxygens (including phenoxy) is 1. The highest BCUT2D eigenvalue weighted by Gasteiger charge is 2.27. The molecule has 0 saturated carbocycles. The summed E-state index contributed by atoms with van der Waals surface area (Å²) in [5.41, 5.74) is 2.65. The number of rotatable bonds is 9. The molecule has 8 nitrogen and oxygen atoms in total. The molecule has 34 heavy (non-hydrogen) atoms. The van der Waals surface area contributed by atoms with Crippen LogP contribution in [0, 0.1) is 6.92 Å². The summed E-state index contributed by atoms with van der Waals surface area (Å²) < 4.78 is 34.8. The number of amides is 1. The topological polar surface area (TPSA) is 93.5 Å². The second-order valence-corrected chi connectivity index (χ2v) is 10.3. The van der Waals surface area contributed by atoms with E-state index in [1.54, 1.807) is 31.5 Å². The number of carbonyl (C=O) groups is 1. The van der Waals surface area contributed by atoms with Gasteiger partial charge in [0, 0.05) is 38.4 Å². The number of aryl methyl sites for hydroxylation is 2. The number of hydrogen-bond acceptors (Lipinski definition) is 5. The van der Waals surface area contributed by atoms with Crippen molar-refractivity contribution < 1.29 is 17.9 Å². The van der Waals surface area contributed by atoms with Crippen molar-refractivity contribution in [3.05, 3.63) is 71.8 Å². The highest BCUT2D eigenvalue weighted by Crippen LogP contribution is 2.27. The highest BCUT2D eigenvalue weighted by atomic mass is 32.2. The van der Waals surface area contributed by atoms with Crippen molar-refractivity contribution in [2.75, 3.05) is 20.2 Å². The minimum Gasteiger partial charge on any atom is -0.496 e. The van der Waals surface area contributed by atoms with E-state index in [9.17, 15) is 13.2 Å². The molecule has 1 aliphatic heterocycles. The largest absolute Gasteiger partial charge is 0.496 e. The molecule has 4 rings (SSSR count). The minimum atomic E-state index is -3.53. The summed E-state index contributed by atoms with van der Waals surface area (Å²) in [6, 6.07) is 12.7. The minimum absolute atomic E-state index is 0.119. The van der Waals surface area contributed by atoms with Gasteiger partial charge in [-0.3, -0.25) is 4.79 Å². The second kappa shape index (κ2) is 10.4. The van der Waals surface area contributed by atoms with Gasteiger partial charge in [-0.15, -0.1) is 0 Å². The predicted molar refractivity (Wildman–Crippen MR) is 129 cm³/mol. The molecule has 1 saturated heterocycles. The Hall–Kier alpha value is -3.17. The Balaban J connectivity index is 1.42. The van der Waals surface area contributed by atoms with Crippen LogP contribution in [0.1, 0.15) is 36.2 Å². The van der Waals surface area contributed by atoms with Crippen molar-refractivity contribution in [3.8, 4) is 11.4 Å². The molecule has 180 valence electrons. The van der Waals surface area contributed by atoms with E-state index in [1.807, 2.05) is 42.0 Å². The van der Waals surface area contributed by atoms with Crippen molar-refractivity contribution in [1.29, 1.82) is 0 Å². The Kier molecular flexibility index (Phi) is 7.33. The zero-order valence-electron chi connectivity index (χ0n) is 19.5. The van der Waals surface area contributed by atoms with Crippen molar-refractivity contribution in [3.63, 3.8) is 0 Å². The maximum Gasteiger partial charge on any atom is 0.243 e. The first kappa shape index (κ1) is 24.0. The number of para-hydroxylation sites is 1. The number of benzene rings is 2. The number of sulfonamides is 1. The lowest BCUT2D eigenvalue weighted by Crippen LogP contribution is -2.28.